The molecule has 0 radical (unpaired) electrons. The molecule has 134 valence electrons. The Hall–Kier alpha value is -2.90. The van der Waals surface area contributed by atoms with Crippen molar-refractivity contribution in [3.63, 3.8) is 0 Å². The van der Waals surface area contributed by atoms with Crippen molar-refractivity contribution in [2.45, 2.75) is 6.54 Å². The summed E-state index contributed by atoms with van der Waals surface area (Å²) in [7, 11) is 0. The van der Waals surface area contributed by atoms with Crippen LogP contribution in [0.25, 0.3) is 28.6 Å². The van der Waals surface area contributed by atoms with Crippen LogP contribution in [0.1, 0.15) is 0 Å². The van der Waals surface area contributed by atoms with Crippen molar-refractivity contribution in [3.05, 3.63) is 59.2 Å². The zero-order valence-corrected chi connectivity index (χ0v) is 15.4. The zero-order valence-electron chi connectivity index (χ0n) is 13.9. The first-order chi connectivity index (χ1) is 13.2. The lowest BCUT2D eigenvalue weighted by Gasteiger charge is -2.06. The van der Waals surface area contributed by atoms with Crippen LogP contribution in [0.15, 0.2) is 49.1 Å². The smallest absolute Gasteiger partial charge is 0.183 e. The number of para-hydroxylation sites is 1. The van der Waals surface area contributed by atoms with Crippen LogP contribution >= 0.6 is 23.2 Å². The Balaban J connectivity index is 1.65. The SMILES string of the molecule is Clc1cc2c(cn1)-c1nc(-c3ncnn3-c3ccccc3Cl)cn1CCO2. The molecule has 0 N–H and O–H groups in total. The fourth-order valence-corrected chi connectivity index (χ4v) is 3.44. The minimum absolute atomic E-state index is 0.382. The maximum absolute atomic E-state index is 6.33. The fourth-order valence-electron chi connectivity index (χ4n) is 3.08. The molecule has 0 spiro atoms. The molecule has 0 saturated heterocycles. The number of hydrogen-bond donors (Lipinski definition) is 0. The van der Waals surface area contributed by atoms with Gasteiger partial charge in [0, 0.05) is 18.5 Å². The number of pyridine rings is 1. The van der Waals surface area contributed by atoms with E-state index in [1.54, 1.807) is 16.9 Å². The number of benzene rings is 1. The summed E-state index contributed by atoms with van der Waals surface area (Å²) >= 11 is 12.3. The molecule has 0 aliphatic carbocycles. The number of imidazole rings is 1. The third kappa shape index (κ3) is 2.75. The second-order valence-electron chi connectivity index (χ2n) is 5.94. The van der Waals surface area contributed by atoms with E-state index in [4.69, 9.17) is 32.9 Å². The Morgan fingerprint density at radius 2 is 1.96 bits per heavy atom. The molecule has 0 atom stereocenters. The van der Waals surface area contributed by atoms with Gasteiger partial charge in [-0.05, 0) is 12.1 Å². The number of ether oxygens (including phenoxy) is 1. The molecule has 7 nitrogen and oxygen atoms in total. The largest absolute Gasteiger partial charge is 0.491 e. The summed E-state index contributed by atoms with van der Waals surface area (Å²) in [6.07, 6.45) is 5.09. The molecule has 4 heterocycles. The zero-order chi connectivity index (χ0) is 18.4. The van der Waals surface area contributed by atoms with Crippen molar-refractivity contribution < 1.29 is 4.74 Å². The van der Waals surface area contributed by atoms with E-state index < -0.39 is 0 Å². The molecule has 9 heteroatoms. The summed E-state index contributed by atoms with van der Waals surface area (Å²) in [6.45, 7) is 1.15. The number of aromatic nitrogens is 6. The maximum atomic E-state index is 6.33. The van der Waals surface area contributed by atoms with Gasteiger partial charge in [-0.15, -0.1) is 0 Å². The Labute approximate surface area is 164 Å². The number of halogens is 2. The van der Waals surface area contributed by atoms with E-state index in [1.165, 1.54) is 6.33 Å². The van der Waals surface area contributed by atoms with Crippen molar-refractivity contribution >= 4 is 23.2 Å². The lowest BCUT2D eigenvalue weighted by atomic mass is 10.2. The van der Waals surface area contributed by atoms with Crippen molar-refractivity contribution in [3.8, 4) is 34.3 Å². The first-order valence-electron chi connectivity index (χ1n) is 8.22. The number of fused-ring (bicyclic) bond motifs is 3. The van der Waals surface area contributed by atoms with Crippen LogP contribution in [0.3, 0.4) is 0 Å². The summed E-state index contributed by atoms with van der Waals surface area (Å²) in [5.74, 6) is 2.02. The van der Waals surface area contributed by atoms with Gasteiger partial charge in [-0.1, -0.05) is 35.3 Å². The predicted molar refractivity (Wildman–Crippen MR) is 101 cm³/mol. The van der Waals surface area contributed by atoms with Crippen LogP contribution in [0.5, 0.6) is 5.75 Å². The maximum Gasteiger partial charge on any atom is 0.183 e. The highest BCUT2D eigenvalue weighted by Gasteiger charge is 2.22. The average molecular weight is 399 g/mol. The molecule has 0 amide bonds. The van der Waals surface area contributed by atoms with E-state index in [1.807, 2.05) is 35.0 Å². The second kappa shape index (κ2) is 6.37. The van der Waals surface area contributed by atoms with E-state index in [0.717, 1.165) is 17.1 Å². The third-order valence-corrected chi connectivity index (χ3v) is 4.82. The Morgan fingerprint density at radius 1 is 1.07 bits per heavy atom. The third-order valence-electron chi connectivity index (χ3n) is 4.30. The molecule has 1 aromatic carbocycles. The molecule has 3 aromatic heterocycles. The topological polar surface area (TPSA) is 70.7 Å². The molecule has 0 unspecified atom stereocenters. The summed E-state index contributed by atoms with van der Waals surface area (Å²) in [6, 6.07) is 9.17. The Kier molecular flexibility index (Phi) is 3.84. The van der Waals surface area contributed by atoms with E-state index in [0.29, 0.717) is 40.6 Å². The molecular formula is C18H12Cl2N6O. The average Bonchev–Trinajstić information content (AvgIpc) is 3.26. The van der Waals surface area contributed by atoms with Gasteiger partial charge in [-0.2, -0.15) is 5.10 Å². The summed E-state index contributed by atoms with van der Waals surface area (Å²) < 4.78 is 9.47. The Bertz CT molecular complexity index is 1150. The summed E-state index contributed by atoms with van der Waals surface area (Å²) in [4.78, 5) is 13.3. The molecule has 1 aliphatic rings. The lowest BCUT2D eigenvalue weighted by molar-refractivity contribution is 0.306. The molecule has 1 aliphatic heterocycles. The van der Waals surface area contributed by atoms with Gasteiger partial charge in [-0.3, -0.25) is 0 Å². The van der Waals surface area contributed by atoms with Gasteiger partial charge in [0.05, 0.1) is 22.8 Å². The van der Waals surface area contributed by atoms with Crippen LogP contribution in [0.2, 0.25) is 10.2 Å². The highest BCUT2D eigenvalue weighted by atomic mass is 35.5. The van der Waals surface area contributed by atoms with E-state index in [9.17, 15) is 0 Å². The quantitative estimate of drug-likeness (QED) is 0.479. The molecule has 0 bridgehead atoms. The first-order valence-corrected chi connectivity index (χ1v) is 8.97. The highest BCUT2D eigenvalue weighted by molar-refractivity contribution is 6.32. The fraction of sp³-hybridized carbons (Fsp3) is 0.111. The number of hydrogen-bond acceptors (Lipinski definition) is 5. The second-order valence-corrected chi connectivity index (χ2v) is 6.74. The van der Waals surface area contributed by atoms with Crippen LogP contribution in [-0.4, -0.2) is 35.9 Å². The molecular weight excluding hydrogens is 387 g/mol. The van der Waals surface area contributed by atoms with Crippen molar-refractivity contribution in [2.24, 2.45) is 0 Å². The van der Waals surface area contributed by atoms with Gasteiger partial charge < -0.3 is 9.30 Å². The lowest BCUT2D eigenvalue weighted by Crippen LogP contribution is -2.04. The van der Waals surface area contributed by atoms with E-state index >= 15 is 0 Å². The van der Waals surface area contributed by atoms with Gasteiger partial charge in [0.2, 0.25) is 0 Å². The number of nitrogens with zero attached hydrogens (tertiary/aromatic N) is 6. The molecule has 27 heavy (non-hydrogen) atoms. The molecule has 0 saturated carbocycles. The molecule has 4 aromatic rings. The molecule has 5 rings (SSSR count). The van der Waals surface area contributed by atoms with Crippen LogP contribution in [0.4, 0.5) is 0 Å². The minimum Gasteiger partial charge on any atom is -0.491 e. The first kappa shape index (κ1) is 16.3. The number of rotatable bonds is 2. The van der Waals surface area contributed by atoms with E-state index in [2.05, 4.69) is 15.1 Å². The van der Waals surface area contributed by atoms with Gasteiger partial charge in [0.1, 0.15) is 35.4 Å². The van der Waals surface area contributed by atoms with Crippen molar-refractivity contribution in [1.29, 1.82) is 0 Å². The summed E-state index contributed by atoms with van der Waals surface area (Å²) in [5.41, 5.74) is 2.21. The van der Waals surface area contributed by atoms with Gasteiger partial charge >= 0.3 is 0 Å². The monoisotopic (exact) mass is 398 g/mol. The predicted octanol–water partition coefficient (Wildman–Crippen LogP) is 3.89. The standard InChI is InChI=1S/C18H12Cl2N6O/c19-12-3-1-2-4-14(12)26-18(22-10-23-26)13-9-25-5-6-27-15-7-16(20)21-8-11(15)17(25)24-13/h1-4,7-10H,5-6H2. The normalized spacial score (nSPS) is 12.8. The summed E-state index contributed by atoms with van der Waals surface area (Å²) in [5, 5.41) is 5.29. The van der Waals surface area contributed by atoms with Crippen LogP contribution in [0, 0.1) is 0 Å². The van der Waals surface area contributed by atoms with Crippen LogP contribution in [-0.2, 0) is 6.54 Å². The molecule has 0 fully saturated rings. The van der Waals surface area contributed by atoms with Gasteiger partial charge in [0.15, 0.2) is 5.82 Å². The Morgan fingerprint density at radius 3 is 2.85 bits per heavy atom. The highest BCUT2D eigenvalue weighted by Crippen LogP contribution is 2.34. The van der Waals surface area contributed by atoms with Gasteiger partial charge in [0.25, 0.3) is 0 Å². The van der Waals surface area contributed by atoms with Crippen molar-refractivity contribution in [1.82, 2.24) is 29.3 Å². The van der Waals surface area contributed by atoms with Gasteiger partial charge in [-0.25, -0.2) is 19.6 Å². The van der Waals surface area contributed by atoms with Crippen molar-refractivity contribution in [2.75, 3.05) is 6.61 Å². The minimum atomic E-state index is 0.382. The van der Waals surface area contributed by atoms with Crippen LogP contribution < -0.4 is 4.74 Å². The van der Waals surface area contributed by atoms with E-state index in [-0.39, 0.29) is 0 Å².